The Kier molecular flexibility index (Phi) is 5.75. The van der Waals surface area contributed by atoms with Gasteiger partial charge < -0.3 is 5.32 Å². The van der Waals surface area contributed by atoms with E-state index in [1.54, 1.807) is 6.26 Å². The maximum Gasteiger partial charge on any atom is 0.215 e. The van der Waals surface area contributed by atoms with Crippen molar-refractivity contribution in [2.24, 2.45) is 11.3 Å². The molecular formula is C21H30FN5OS. The van der Waals surface area contributed by atoms with Gasteiger partial charge in [0.2, 0.25) is 5.95 Å². The standard InChI is InChI=1S/C21H30FN5OS/c1-21(2)7-6-16-17(11-21)25-26-20(16)15-9-18(22)24-19(10-15)23-12-14-5-4-8-27(13-14)29(3)28/h9-10,14H,4-8,11-13H2,1-3H3,(H,23,24)(H,25,26). The first-order valence-corrected chi connectivity index (χ1v) is 11.9. The summed E-state index contributed by atoms with van der Waals surface area (Å²) in [4.78, 5) is 4.03. The van der Waals surface area contributed by atoms with E-state index in [-0.39, 0.29) is 5.41 Å². The van der Waals surface area contributed by atoms with Gasteiger partial charge in [-0.15, -0.1) is 0 Å². The SMILES string of the molecule is CS(=O)N1CCCC(CNc2cc(-c3n[nH]c4c3CCC(C)(C)C4)cc(F)n2)C1. The van der Waals surface area contributed by atoms with Crippen molar-refractivity contribution in [2.45, 2.75) is 46.0 Å². The quantitative estimate of drug-likeness (QED) is 0.727. The summed E-state index contributed by atoms with van der Waals surface area (Å²) >= 11 is 0. The molecule has 29 heavy (non-hydrogen) atoms. The third kappa shape index (κ3) is 4.69. The first-order chi connectivity index (χ1) is 13.8. The van der Waals surface area contributed by atoms with Gasteiger partial charge in [0, 0.05) is 48.8 Å². The molecule has 0 bridgehead atoms. The fourth-order valence-electron chi connectivity index (χ4n) is 4.49. The average molecular weight is 420 g/mol. The summed E-state index contributed by atoms with van der Waals surface area (Å²) in [6.45, 7) is 6.90. The molecule has 2 aromatic heterocycles. The van der Waals surface area contributed by atoms with Crippen LogP contribution in [0.15, 0.2) is 12.1 Å². The predicted molar refractivity (Wildman–Crippen MR) is 114 cm³/mol. The van der Waals surface area contributed by atoms with Gasteiger partial charge in [0.25, 0.3) is 0 Å². The number of fused-ring (bicyclic) bond motifs is 1. The number of H-pyrrole nitrogens is 1. The van der Waals surface area contributed by atoms with Gasteiger partial charge in [-0.25, -0.2) is 13.5 Å². The van der Waals surface area contributed by atoms with Crippen LogP contribution in [0.1, 0.15) is 44.4 Å². The van der Waals surface area contributed by atoms with E-state index in [1.807, 2.05) is 10.4 Å². The number of nitrogens with zero attached hydrogens (tertiary/aromatic N) is 3. The highest BCUT2D eigenvalue weighted by Gasteiger charge is 2.29. The highest BCUT2D eigenvalue weighted by molar-refractivity contribution is 7.81. The Morgan fingerprint density at radius 3 is 3.03 bits per heavy atom. The van der Waals surface area contributed by atoms with E-state index in [4.69, 9.17) is 0 Å². The van der Waals surface area contributed by atoms with E-state index in [2.05, 4.69) is 34.3 Å². The highest BCUT2D eigenvalue weighted by atomic mass is 32.2. The van der Waals surface area contributed by atoms with Crippen LogP contribution in [0.4, 0.5) is 10.2 Å². The molecule has 0 spiro atoms. The molecule has 158 valence electrons. The molecule has 3 heterocycles. The van der Waals surface area contributed by atoms with Crippen LogP contribution in [0.25, 0.3) is 11.3 Å². The second-order valence-corrected chi connectivity index (χ2v) is 10.5. The molecule has 2 aromatic rings. The number of halogens is 1. The van der Waals surface area contributed by atoms with Gasteiger partial charge in [-0.1, -0.05) is 13.8 Å². The molecular weight excluding hydrogens is 389 g/mol. The first kappa shape index (κ1) is 20.5. The Labute approximate surface area is 174 Å². The molecule has 1 fully saturated rings. The Bertz CT molecular complexity index is 912. The smallest absolute Gasteiger partial charge is 0.215 e. The van der Waals surface area contributed by atoms with Gasteiger partial charge in [-0.2, -0.15) is 9.49 Å². The number of aromatic amines is 1. The topological polar surface area (TPSA) is 73.9 Å². The van der Waals surface area contributed by atoms with Crippen LogP contribution in [-0.4, -0.2) is 49.6 Å². The van der Waals surface area contributed by atoms with Crippen LogP contribution >= 0.6 is 0 Å². The zero-order valence-corrected chi connectivity index (χ0v) is 18.2. The number of rotatable bonds is 5. The Morgan fingerprint density at radius 1 is 1.41 bits per heavy atom. The molecule has 1 aliphatic heterocycles. The van der Waals surface area contributed by atoms with Crippen LogP contribution in [0.3, 0.4) is 0 Å². The zero-order chi connectivity index (χ0) is 20.6. The fourth-order valence-corrected chi connectivity index (χ4v) is 5.29. The van der Waals surface area contributed by atoms with Gasteiger partial charge >= 0.3 is 0 Å². The molecule has 1 saturated heterocycles. The molecule has 8 heteroatoms. The van der Waals surface area contributed by atoms with Gasteiger partial charge in [0.05, 0.1) is 16.7 Å². The normalized spacial score (nSPS) is 22.8. The molecule has 2 unspecified atom stereocenters. The summed E-state index contributed by atoms with van der Waals surface area (Å²) in [5.41, 5.74) is 4.23. The maximum absolute atomic E-state index is 14.3. The van der Waals surface area contributed by atoms with Crippen LogP contribution in [0.5, 0.6) is 0 Å². The van der Waals surface area contributed by atoms with Crippen molar-refractivity contribution < 1.29 is 8.60 Å². The number of pyridine rings is 1. The summed E-state index contributed by atoms with van der Waals surface area (Å²) in [6, 6.07) is 3.35. The minimum absolute atomic E-state index is 0.267. The van der Waals surface area contributed by atoms with Crippen molar-refractivity contribution >= 4 is 16.8 Å². The molecule has 2 N–H and O–H groups in total. The van der Waals surface area contributed by atoms with Crippen molar-refractivity contribution in [1.82, 2.24) is 19.5 Å². The molecule has 2 aliphatic rings. The van der Waals surface area contributed by atoms with E-state index >= 15 is 0 Å². The summed E-state index contributed by atoms with van der Waals surface area (Å²) in [7, 11) is -0.937. The maximum atomic E-state index is 14.3. The number of piperidine rings is 1. The Balaban J connectivity index is 1.49. The molecule has 0 amide bonds. The van der Waals surface area contributed by atoms with Crippen molar-refractivity contribution in [2.75, 3.05) is 31.2 Å². The van der Waals surface area contributed by atoms with Crippen LogP contribution in [-0.2, 0) is 23.8 Å². The van der Waals surface area contributed by atoms with Crippen LogP contribution < -0.4 is 5.32 Å². The minimum atomic E-state index is -0.937. The fraction of sp³-hybridized carbons (Fsp3) is 0.619. The highest BCUT2D eigenvalue weighted by Crippen LogP contribution is 2.38. The summed E-state index contributed by atoms with van der Waals surface area (Å²) in [5.74, 6) is 0.405. The lowest BCUT2D eigenvalue weighted by Crippen LogP contribution is -2.38. The largest absolute Gasteiger partial charge is 0.370 e. The lowest BCUT2D eigenvalue weighted by atomic mass is 9.76. The molecule has 1 aliphatic carbocycles. The van der Waals surface area contributed by atoms with Gasteiger partial charge in [-0.3, -0.25) is 5.10 Å². The number of aromatic nitrogens is 3. The summed E-state index contributed by atoms with van der Waals surface area (Å²) in [6.07, 6.45) is 6.84. The third-order valence-corrected chi connectivity index (χ3v) is 7.20. The minimum Gasteiger partial charge on any atom is -0.370 e. The van der Waals surface area contributed by atoms with Gasteiger partial charge in [0.15, 0.2) is 0 Å². The molecule has 2 atom stereocenters. The zero-order valence-electron chi connectivity index (χ0n) is 17.4. The number of hydrogen-bond acceptors (Lipinski definition) is 4. The third-order valence-electron chi connectivity index (χ3n) is 6.14. The van der Waals surface area contributed by atoms with Crippen molar-refractivity contribution in [3.63, 3.8) is 0 Å². The number of anilines is 1. The van der Waals surface area contributed by atoms with E-state index in [1.165, 1.54) is 11.6 Å². The lowest BCUT2D eigenvalue weighted by molar-refractivity contribution is 0.287. The molecule has 0 saturated carbocycles. The van der Waals surface area contributed by atoms with Crippen molar-refractivity contribution in [3.05, 3.63) is 29.3 Å². The Hall–Kier alpha value is -1.80. The molecule has 4 rings (SSSR count). The van der Waals surface area contributed by atoms with Crippen molar-refractivity contribution in [1.29, 1.82) is 0 Å². The lowest BCUT2D eigenvalue weighted by Gasteiger charge is -2.30. The second kappa shape index (κ2) is 8.14. The van der Waals surface area contributed by atoms with E-state index in [0.717, 1.165) is 62.1 Å². The first-order valence-electron chi connectivity index (χ1n) is 10.4. The van der Waals surface area contributed by atoms with Crippen LogP contribution in [0.2, 0.25) is 0 Å². The number of nitrogens with one attached hydrogen (secondary N) is 2. The summed E-state index contributed by atoms with van der Waals surface area (Å²) in [5, 5.41) is 11.0. The molecule has 0 radical (unpaired) electrons. The molecule has 0 aromatic carbocycles. The van der Waals surface area contributed by atoms with E-state index < -0.39 is 16.9 Å². The molecule has 6 nitrogen and oxygen atoms in total. The van der Waals surface area contributed by atoms with Crippen molar-refractivity contribution in [3.8, 4) is 11.3 Å². The Morgan fingerprint density at radius 2 is 2.24 bits per heavy atom. The number of hydrogen-bond donors (Lipinski definition) is 2. The van der Waals surface area contributed by atoms with Gasteiger partial charge in [0.1, 0.15) is 5.82 Å². The second-order valence-electron chi connectivity index (χ2n) is 9.14. The monoisotopic (exact) mass is 419 g/mol. The van der Waals surface area contributed by atoms with E-state index in [0.29, 0.717) is 18.3 Å². The average Bonchev–Trinajstić information content (AvgIpc) is 3.08. The van der Waals surface area contributed by atoms with Gasteiger partial charge in [-0.05, 0) is 49.5 Å². The van der Waals surface area contributed by atoms with E-state index in [9.17, 15) is 8.60 Å². The predicted octanol–water partition coefficient (Wildman–Crippen LogP) is 3.54. The summed E-state index contributed by atoms with van der Waals surface area (Å²) < 4.78 is 28.0. The van der Waals surface area contributed by atoms with Crippen LogP contribution in [0, 0.1) is 17.3 Å².